The molecule has 0 aliphatic carbocycles. The Labute approximate surface area is 157 Å². The number of hydrogen-bond donors (Lipinski definition) is 2. The number of rotatable bonds is 6. The molecule has 0 saturated heterocycles. The van der Waals surface area contributed by atoms with Crippen molar-refractivity contribution in [2.75, 3.05) is 10.6 Å². The molecule has 1 aromatic heterocycles. The van der Waals surface area contributed by atoms with Crippen molar-refractivity contribution in [3.8, 4) is 5.75 Å². The van der Waals surface area contributed by atoms with Crippen molar-refractivity contribution in [3.05, 3.63) is 78.4 Å². The highest BCUT2D eigenvalue weighted by atomic mass is 19.1. The third kappa shape index (κ3) is 5.28. The number of carbonyl (C=O) groups is 1. The summed E-state index contributed by atoms with van der Waals surface area (Å²) >= 11 is 0. The molecule has 0 unspecified atom stereocenters. The van der Waals surface area contributed by atoms with Gasteiger partial charge in [0.1, 0.15) is 17.3 Å². The maximum atomic E-state index is 13.2. The molecule has 0 radical (unpaired) electrons. The zero-order valence-corrected chi connectivity index (χ0v) is 15.1. The highest BCUT2D eigenvalue weighted by molar-refractivity contribution is 6.03. The maximum absolute atomic E-state index is 13.2. The molecule has 0 atom stereocenters. The van der Waals surface area contributed by atoms with Crippen molar-refractivity contribution in [3.63, 3.8) is 0 Å². The standard InChI is InChI=1S/C21H20FN3O2/c1-14(2)27-19-9-6-16(7-10-19)25-21(26)20-11-8-18(13-23-20)24-17-5-3-4-15(22)12-17/h3-14,24H,1-2H3,(H,25,26). The first-order chi connectivity index (χ1) is 13.0. The molecule has 1 amide bonds. The first kappa shape index (κ1) is 18.4. The lowest BCUT2D eigenvalue weighted by molar-refractivity contribution is 0.102. The van der Waals surface area contributed by atoms with Crippen molar-refractivity contribution >= 4 is 23.0 Å². The van der Waals surface area contributed by atoms with Crippen LogP contribution in [-0.2, 0) is 0 Å². The third-order valence-electron chi connectivity index (χ3n) is 3.59. The second-order valence-electron chi connectivity index (χ2n) is 6.21. The SMILES string of the molecule is CC(C)Oc1ccc(NC(=O)c2ccc(Nc3cccc(F)c3)cn2)cc1. The van der Waals surface area contributed by atoms with Gasteiger partial charge in [-0.1, -0.05) is 6.07 Å². The molecule has 0 bridgehead atoms. The van der Waals surface area contributed by atoms with Crippen LogP contribution in [0.3, 0.4) is 0 Å². The summed E-state index contributed by atoms with van der Waals surface area (Å²) in [6.45, 7) is 3.91. The highest BCUT2D eigenvalue weighted by Crippen LogP contribution is 2.19. The van der Waals surface area contributed by atoms with Gasteiger partial charge >= 0.3 is 0 Å². The average molecular weight is 365 g/mol. The van der Waals surface area contributed by atoms with Crippen molar-refractivity contribution in [1.82, 2.24) is 4.98 Å². The summed E-state index contributed by atoms with van der Waals surface area (Å²) in [5.41, 5.74) is 2.20. The van der Waals surface area contributed by atoms with Crippen molar-refractivity contribution in [1.29, 1.82) is 0 Å². The van der Waals surface area contributed by atoms with E-state index in [1.54, 1.807) is 48.5 Å². The van der Waals surface area contributed by atoms with E-state index < -0.39 is 0 Å². The fourth-order valence-corrected chi connectivity index (χ4v) is 2.42. The molecule has 0 aliphatic heterocycles. The third-order valence-corrected chi connectivity index (χ3v) is 3.59. The predicted molar refractivity (Wildman–Crippen MR) is 104 cm³/mol. The van der Waals surface area contributed by atoms with Gasteiger partial charge in [-0.15, -0.1) is 0 Å². The molecule has 138 valence electrons. The van der Waals surface area contributed by atoms with Crippen LogP contribution in [0.1, 0.15) is 24.3 Å². The molecule has 0 saturated carbocycles. The molecule has 0 spiro atoms. The van der Waals surface area contributed by atoms with Crippen LogP contribution in [0.25, 0.3) is 0 Å². The van der Waals surface area contributed by atoms with Crippen LogP contribution in [0.15, 0.2) is 66.9 Å². The summed E-state index contributed by atoms with van der Waals surface area (Å²) in [6, 6.07) is 16.6. The van der Waals surface area contributed by atoms with E-state index in [1.807, 2.05) is 13.8 Å². The van der Waals surface area contributed by atoms with E-state index in [1.165, 1.54) is 18.3 Å². The van der Waals surface area contributed by atoms with Gasteiger partial charge in [0, 0.05) is 11.4 Å². The van der Waals surface area contributed by atoms with E-state index in [0.717, 1.165) is 5.75 Å². The second kappa shape index (κ2) is 8.31. The van der Waals surface area contributed by atoms with Crippen LogP contribution in [0.5, 0.6) is 5.75 Å². The first-order valence-electron chi connectivity index (χ1n) is 8.56. The molecular formula is C21H20FN3O2. The lowest BCUT2D eigenvalue weighted by atomic mass is 10.2. The minimum atomic E-state index is -0.325. The van der Waals surface area contributed by atoms with E-state index in [2.05, 4.69) is 15.6 Å². The van der Waals surface area contributed by atoms with Crippen molar-refractivity contribution in [2.24, 2.45) is 0 Å². The Balaban J connectivity index is 1.61. The maximum Gasteiger partial charge on any atom is 0.274 e. The second-order valence-corrected chi connectivity index (χ2v) is 6.21. The minimum absolute atomic E-state index is 0.0918. The van der Waals surface area contributed by atoms with Gasteiger partial charge in [-0.25, -0.2) is 9.37 Å². The van der Waals surface area contributed by atoms with Gasteiger partial charge in [0.2, 0.25) is 0 Å². The van der Waals surface area contributed by atoms with Gasteiger partial charge in [-0.05, 0) is 68.4 Å². The van der Waals surface area contributed by atoms with E-state index in [4.69, 9.17) is 4.74 Å². The molecule has 2 aromatic carbocycles. The van der Waals surface area contributed by atoms with Gasteiger partial charge in [-0.3, -0.25) is 4.79 Å². The molecule has 6 heteroatoms. The summed E-state index contributed by atoms with van der Waals surface area (Å²) in [7, 11) is 0. The fourth-order valence-electron chi connectivity index (χ4n) is 2.42. The predicted octanol–water partition coefficient (Wildman–Crippen LogP) is 5.00. The fraction of sp³-hybridized carbons (Fsp3) is 0.143. The van der Waals surface area contributed by atoms with E-state index in [-0.39, 0.29) is 23.5 Å². The Morgan fingerprint density at radius 3 is 2.37 bits per heavy atom. The van der Waals surface area contributed by atoms with Gasteiger partial charge in [-0.2, -0.15) is 0 Å². The van der Waals surface area contributed by atoms with Gasteiger partial charge in [0.05, 0.1) is 18.0 Å². The number of hydrogen-bond acceptors (Lipinski definition) is 4. The lowest BCUT2D eigenvalue weighted by Crippen LogP contribution is -2.13. The Morgan fingerprint density at radius 2 is 1.74 bits per heavy atom. The first-order valence-corrected chi connectivity index (χ1v) is 8.56. The van der Waals surface area contributed by atoms with E-state index in [9.17, 15) is 9.18 Å². The zero-order valence-electron chi connectivity index (χ0n) is 15.1. The number of ether oxygens (including phenoxy) is 1. The van der Waals surface area contributed by atoms with Crippen molar-refractivity contribution in [2.45, 2.75) is 20.0 Å². The summed E-state index contributed by atoms with van der Waals surface area (Å²) in [5.74, 6) is 0.104. The van der Waals surface area contributed by atoms with Crippen LogP contribution < -0.4 is 15.4 Å². The number of nitrogens with zero attached hydrogens (tertiary/aromatic N) is 1. The Kier molecular flexibility index (Phi) is 5.66. The average Bonchev–Trinajstić information content (AvgIpc) is 2.63. The number of anilines is 3. The molecule has 1 heterocycles. The smallest absolute Gasteiger partial charge is 0.274 e. The highest BCUT2D eigenvalue weighted by Gasteiger charge is 2.08. The van der Waals surface area contributed by atoms with Crippen LogP contribution in [0.2, 0.25) is 0 Å². The minimum Gasteiger partial charge on any atom is -0.491 e. The molecule has 2 N–H and O–H groups in total. The van der Waals surface area contributed by atoms with E-state index in [0.29, 0.717) is 17.1 Å². The zero-order chi connectivity index (χ0) is 19.2. The lowest BCUT2D eigenvalue weighted by Gasteiger charge is -2.11. The molecule has 5 nitrogen and oxygen atoms in total. The molecule has 3 aromatic rings. The molecule has 0 aliphatic rings. The molecule has 3 rings (SSSR count). The number of amides is 1. The summed E-state index contributed by atoms with van der Waals surface area (Å²) in [4.78, 5) is 16.5. The summed E-state index contributed by atoms with van der Waals surface area (Å²) in [6.07, 6.45) is 1.62. The Morgan fingerprint density at radius 1 is 1.00 bits per heavy atom. The monoisotopic (exact) mass is 365 g/mol. The van der Waals surface area contributed by atoms with Crippen LogP contribution >= 0.6 is 0 Å². The van der Waals surface area contributed by atoms with Crippen LogP contribution in [0.4, 0.5) is 21.5 Å². The van der Waals surface area contributed by atoms with Crippen LogP contribution in [0, 0.1) is 5.82 Å². The summed E-state index contributed by atoms with van der Waals surface area (Å²) < 4.78 is 18.8. The molecule has 0 fully saturated rings. The van der Waals surface area contributed by atoms with E-state index >= 15 is 0 Å². The summed E-state index contributed by atoms with van der Waals surface area (Å²) in [5, 5.41) is 5.82. The molecular weight excluding hydrogens is 345 g/mol. The Hall–Kier alpha value is -3.41. The Bertz CT molecular complexity index is 909. The topological polar surface area (TPSA) is 63.2 Å². The van der Waals surface area contributed by atoms with Gasteiger partial charge < -0.3 is 15.4 Å². The number of aromatic nitrogens is 1. The van der Waals surface area contributed by atoms with Gasteiger partial charge in [0.15, 0.2) is 0 Å². The van der Waals surface area contributed by atoms with Crippen LogP contribution in [-0.4, -0.2) is 17.0 Å². The van der Waals surface area contributed by atoms with Gasteiger partial charge in [0.25, 0.3) is 5.91 Å². The number of pyridine rings is 1. The normalized spacial score (nSPS) is 10.5. The van der Waals surface area contributed by atoms with Crippen molar-refractivity contribution < 1.29 is 13.9 Å². The number of benzene rings is 2. The molecule has 27 heavy (non-hydrogen) atoms. The number of carbonyl (C=O) groups excluding carboxylic acids is 1. The largest absolute Gasteiger partial charge is 0.491 e. The quantitative estimate of drug-likeness (QED) is 0.645. The number of halogens is 1. The number of nitrogens with one attached hydrogen (secondary N) is 2.